The molecule has 0 bridgehead atoms. The molecule has 0 unspecified atom stereocenters. The van der Waals surface area contributed by atoms with Crippen LogP contribution < -0.4 is 50.5 Å². The smallest absolute Gasteiger partial charge is 0.211 e. The molecule has 0 aliphatic rings. The summed E-state index contributed by atoms with van der Waals surface area (Å²) in [5.74, 6) is -0.701. The van der Waals surface area contributed by atoms with Gasteiger partial charge in [0.25, 0.3) is 0 Å². The fourth-order valence-electron chi connectivity index (χ4n) is 1.88. The number of nitrogens with zero attached hydrogens (tertiary/aromatic N) is 6. The molecule has 0 fully saturated rings. The first kappa shape index (κ1) is 16.4. The van der Waals surface area contributed by atoms with Gasteiger partial charge in [0.15, 0.2) is 0 Å². The van der Waals surface area contributed by atoms with Gasteiger partial charge < -0.3 is 34.4 Å². The monoisotopic (exact) mass is 328 g/mol. The molecule has 2 aromatic rings. The number of hydrogen-bond acceptors (Lipinski definition) is 6. The first-order chi connectivity index (χ1) is 11.4. The van der Waals surface area contributed by atoms with Crippen molar-refractivity contribution < 1.29 is 0 Å². The van der Waals surface area contributed by atoms with E-state index in [0.29, 0.717) is 21.5 Å². The first-order valence-corrected chi connectivity index (χ1v) is 6.50. The topological polar surface area (TPSA) is 230 Å². The normalized spacial score (nSPS) is 12.0. The zero-order chi connectivity index (χ0) is 17.7. The lowest BCUT2D eigenvalue weighted by atomic mass is 10.2. The summed E-state index contributed by atoms with van der Waals surface area (Å²) in [6, 6.07) is 7.15. The summed E-state index contributed by atoms with van der Waals surface area (Å²) >= 11 is 0. The number of guanidine groups is 3. The summed E-state index contributed by atoms with van der Waals surface area (Å²) in [7, 11) is 0. The van der Waals surface area contributed by atoms with Gasteiger partial charge in [-0.05, 0) is 0 Å². The highest BCUT2D eigenvalue weighted by atomic mass is 15.3. The maximum Gasteiger partial charge on any atom is 0.211 e. The van der Waals surface area contributed by atoms with Crippen LogP contribution in [-0.4, -0.2) is 17.9 Å². The number of hydrogen-bond donors (Lipinski definition) is 6. The van der Waals surface area contributed by atoms with Crippen LogP contribution in [0.15, 0.2) is 54.9 Å². The molecule has 0 saturated carbocycles. The molecule has 12 nitrogen and oxygen atoms in total. The van der Waals surface area contributed by atoms with Gasteiger partial charge in [-0.25, -0.2) is 0 Å². The molecule has 0 atom stereocenters. The molecule has 124 valence electrons. The molecule has 0 spiro atoms. The molecule has 2 rings (SSSR count). The lowest BCUT2D eigenvalue weighted by Gasteiger charge is -1.87. The van der Waals surface area contributed by atoms with Gasteiger partial charge in [0.05, 0.1) is 0 Å². The van der Waals surface area contributed by atoms with Gasteiger partial charge in [-0.1, -0.05) is 24.3 Å². The van der Waals surface area contributed by atoms with Gasteiger partial charge >= 0.3 is 0 Å². The molecule has 0 saturated heterocycles. The quantitative estimate of drug-likeness (QED) is 0.186. The standard InChI is InChI=1S/C12H16N12/c13-10(14)22-19-7-5-3-1-2-4-6(5)8(20-23-11(15)16)9(7)21-24-12(17)18/h1-4H,(H4,13,14,22)(H4,15,16,23)(H4,17,18,24). The molecule has 0 aromatic heterocycles. The molecular weight excluding hydrogens is 312 g/mol. The van der Waals surface area contributed by atoms with Crippen LogP contribution in [-0.2, 0) is 0 Å². The third kappa shape index (κ3) is 3.62. The highest BCUT2D eigenvalue weighted by Crippen LogP contribution is 2.03. The Hall–Kier alpha value is -3.96. The van der Waals surface area contributed by atoms with Gasteiger partial charge in [0.2, 0.25) is 17.9 Å². The molecule has 0 aliphatic carbocycles. The van der Waals surface area contributed by atoms with Crippen molar-refractivity contribution >= 4 is 28.7 Å². The molecule has 0 radical (unpaired) electrons. The highest BCUT2D eigenvalue weighted by molar-refractivity contribution is 5.83. The van der Waals surface area contributed by atoms with Crippen molar-refractivity contribution in [3.63, 3.8) is 0 Å². The Labute approximate surface area is 135 Å². The van der Waals surface area contributed by atoms with Crippen molar-refractivity contribution in [3.8, 4) is 0 Å². The van der Waals surface area contributed by atoms with E-state index in [9.17, 15) is 0 Å². The summed E-state index contributed by atoms with van der Waals surface area (Å²) in [6.45, 7) is 0. The van der Waals surface area contributed by atoms with E-state index in [1.165, 1.54) is 0 Å². The van der Waals surface area contributed by atoms with Crippen LogP contribution >= 0.6 is 0 Å². The fourth-order valence-corrected chi connectivity index (χ4v) is 1.88. The lowest BCUT2D eigenvalue weighted by Crippen LogP contribution is -2.34. The summed E-state index contributed by atoms with van der Waals surface area (Å²) in [5, 5.41) is 25.0. The average molecular weight is 328 g/mol. The SMILES string of the molecule is NC(N)=NN=c1c(=NN=C(N)N)c2ccccc2c1=NN=C(N)N. The van der Waals surface area contributed by atoms with Gasteiger partial charge in [0.1, 0.15) is 16.1 Å². The minimum absolute atomic E-state index is 0.208. The van der Waals surface area contributed by atoms with Crippen LogP contribution in [0.25, 0.3) is 10.8 Å². The fraction of sp³-hybridized carbons (Fsp3) is 0. The zero-order valence-electron chi connectivity index (χ0n) is 12.5. The van der Waals surface area contributed by atoms with Crippen molar-refractivity contribution in [1.82, 2.24) is 0 Å². The number of rotatable bonds is 3. The molecule has 12 N–H and O–H groups in total. The minimum Gasteiger partial charge on any atom is -0.369 e. The van der Waals surface area contributed by atoms with Gasteiger partial charge in [0, 0.05) is 10.8 Å². The van der Waals surface area contributed by atoms with Crippen LogP contribution in [0.3, 0.4) is 0 Å². The molecular formula is C12H16N12. The summed E-state index contributed by atoms with van der Waals surface area (Å²) in [6.07, 6.45) is 0. The summed E-state index contributed by atoms with van der Waals surface area (Å²) in [5.41, 5.74) is 31.9. The van der Waals surface area contributed by atoms with E-state index >= 15 is 0 Å². The Balaban J connectivity index is 3.07. The van der Waals surface area contributed by atoms with Crippen LogP contribution in [0, 0.1) is 0 Å². The van der Waals surface area contributed by atoms with E-state index in [-0.39, 0.29) is 23.2 Å². The number of benzene rings is 1. The van der Waals surface area contributed by atoms with E-state index in [0.717, 1.165) is 0 Å². The van der Waals surface area contributed by atoms with Crippen molar-refractivity contribution in [2.75, 3.05) is 0 Å². The van der Waals surface area contributed by atoms with Crippen molar-refractivity contribution in [3.05, 3.63) is 40.3 Å². The van der Waals surface area contributed by atoms with Crippen molar-refractivity contribution in [1.29, 1.82) is 0 Å². The maximum atomic E-state index is 5.32. The Morgan fingerprint density at radius 1 is 0.542 bits per heavy atom. The van der Waals surface area contributed by atoms with Gasteiger partial charge in [-0.2, -0.15) is 0 Å². The minimum atomic E-state index is -0.249. The zero-order valence-corrected chi connectivity index (χ0v) is 12.5. The lowest BCUT2D eigenvalue weighted by molar-refractivity contribution is 1.02. The molecule has 24 heavy (non-hydrogen) atoms. The molecule has 12 heteroatoms. The Bertz CT molecular complexity index is 934. The predicted octanol–water partition coefficient (Wildman–Crippen LogP) is -4.02. The van der Waals surface area contributed by atoms with Crippen molar-refractivity contribution in [2.24, 2.45) is 65.0 Å². The Kier molecular flexibility index (Phi) is 4.70. The summed E-state index contributed by atoms with van der Waals surface area (Å²) in [4.78, 5) is 0. The predicted molar refractivity (Wildman–Crippen MR) is 90.4 cm³/mol. The van der Waals surface area contributed by atoms with Gasteiger partial charge in [-0.15, -0.1) is 30.6 Å². The van der Waals surface area contributed by atoms with Crippen LogP contribution in [0.4, 0.5) is 0 Å². The molecule has 2 aromatic carbocycles. The first-order valence-electron chi connectivity index (χ1n) is 6.50. The average Bonchev–Trinajstić information content (AvgIpc) is 2.81. The summed E-state index contributed by atoms with van der Waals surface area (Å²) < 4.78 is 0. The Morgan fingerprint density at radius 3 is 1.21 bits per heavy atom. The van der Waals surface area contributed by atoms with Crippen LogP contribution in [0.1, 0.15) is 0 Å². The second kappa shape index (κ2) is 6.87. The largest absolute Gasteiger partial charge is 0.369 e. The van der Waals surface area contributed by atoms with E-state index in [1.54, 1.807) is 24.3 Å². The van der Waals surface area contributed by atoms with Gasteiger partial charge in [-0.3, -0.25) is 0 Å². The molecule has 0 amide bonds. The second-order valence-electron chi connectivity index (χ2n) is 4.47. The Morgan fingerprint density at radius 2 is 0.875 bits per heavy atom. The third-order valence-corrected chi connectivity index (χ3v) is 2.68. The van der Waals surface area contributed by atoms with E-state index in [4.69, 9.17) is 34.4 Å². The van der Waals surface area contributed by atoms with E-state index in [1.807, 2.05) is 0 Å². The second-order valence-corrected chi connectivity index (χ2v) is 4.47. The molecule has 0 heterocycles. The maximum absolute atomic E-state index is 5.32. The number of fused-ring (bicyclic) bond motifs is 1. The molecule has 0 aliphatic heterocycles. The highest BCUT2D eigenvalue weighted by Gasteiger charge is 2.08. The number of nitrogens with two attached hydrogens (primary N) is 6. The van der Waals surface area contributed by atoms with E-state index < -0.39 is 0 Å². The van der Waals surface area contributed by atoms with E-state index in [2.05, 4.69) is 30.6 Å². The van der Waals surface area contributed by atoms with Crippen LogP contribution in [0.5, 0.6) is 0 Å². The van der Waals surface area contributed by atoms with Crippen LogP contribution in [0.2, 0.25) is 0 Å². The van der Waals surface area contributed by atoms with Crippen molar-refractivity contribution in [2.45, 2.75) is 0 Å². The third-order valence-electron chi connectivity index (χ3n) is 2.68.